The van der Waals surface area contributed by atoms with E-state index in [1.807, 2.05) is 24.3 Å². The Balaban J connectivity index is 2.02. The summed E-state index contributed by atoms with van der Waals surface area (Å²) in [6, 6.07) is 13.9. The highest BCUT2D eigenvalue weighted by molar-refractivity contribution is 5.96. The van der Waals surface area contributed by atoms with Crippen molar-refractivity contribution in [3.63, 3.8) is 0 Å². The second-order valence-electron chi connectivity index (χ2n) is 7.15. The van der Waals surface area contributed by atoms with Crippen molar-refractivity contribution in [2.75, 3.05) is 13.2 Å². The van der Waals surface area contributed by atoms with Crippen molar-refractivity contribution in [1.29, 1.82) is 0 Å². The minimum Gasteiger partial charge on any atom is -0.494 e. The molecule has 0 radical (unpaired) electrons. The maximum atomic E-state index is 12.7. The van der Waals surface area contributed by atoms with Crippen LogP contribution in [-0.4, -0.2) is 19.0 Å². The number of carbonyl (C=O) groups excluding carboxylic acids is 1. The number of hydrogen-bond acceptors (Lipinski definition) is 3. The van der Waals surface area contributed by atoms with Gasteiger partial charge in [0.15, 0.2) is 5.78 Å². The zero-order valence-corrected chi connectivity index (χ0v) is 17.6. The standard InChI is InChI=1S/C25H34O3/c1-4-7-16-27-23-11-9-10-21(19-23)24(26)14-13-22-18-20(6-3)12-15-25(22)28-17-8-5-2/h9-12,15,18-19H,4-8,13-14,16-17H2,1-3H3. The number of rotatable bonds is 13. The lowest BCUT2D eigenvalue weighted by Gasteiger charge is -2.13. The number of carbonyl (C=O) groups is 1. The zero-order valence-electron chi connectivity index (χ0n) is 17.6. The second kappa shape index (κ2) is 12.2. The lowest BCUT2D eigenvalue weighted by molar-refractivity contribution is 0.0982. The Hall–Kier alpha value is -2.29. The summed E-state index contributed by atoms with van der Waals surface area (Å²) in [6.45, 7) is 7.85. The zero-order chi connectivity index (χ0) is 20.2. The van der Waals surface area contributed by atoms with Crippen molar-refractivity contribution >= 4 is 5.78 Å². The average Bonchev–Trinajstić information content (AvgIpc) is 2.73. The number of hydrogen-bond donors (Lipinski definition) is 0. The molecule has 152 valence electrons. The molecule has 28 heavy (non-hydrogen) atoms. The Labute approximate surface area is 170 Å². The minimum atomic E-state index is 0.141. The van der Waals surface area contributed by atoms with Crippen molar-refractivity contribution in [3.8, 4) is 11.5 Å². The van der Waals surface area contributed by atoms with Gasteiger partial charge in [-0.05, 0) is 55.0 Å². The quantitative estimate of drug-likeness (QED) is 0.296. The molecule has 0 atom stereocenters. The smallest absolute Gasteiger partial charge is 0.163 e. The molecule has 0 aliphatic heterocycles. The first-order valence-corrected chi connectivity index (χ1v) is 10.7. The van der Waals surface area contributed by atoms with E-state index in [-0.39, 0.29) is 5.78 Å². The summed E-state index contributed by atoms with van der Waals surface area (Å²) in [6.07, 6.45) is 6.40. The van der Waals surface area contributed by atoms with Crippen LogP contribution in [0, 0.1) is 0 Å². The molecule has 3 heteroatoms. The van der Waals surface area contributed by atoms with Crippen LogP contribution >= 0.6 is 0 Å². The number of unbranched alkanes of at least 4 members (excludes halogenated alkanes) is 2. The van der Waals surface area contributed by atoms with Gasteiger partial charge in [0.25, 0.3) is 0 Å². The molecular formula is C25H34O3. The third-order valence-corrected chi connectivity index (χ3v) is 4.83. The van der Waals surface area contributed by atoms with Gasteiger partial charge in [0.05, 0.1) is 13.2 Å². The first-order valence-electron chi connectivity index (χ1n) is 10.7. The first kappa shape index (κ1) is 22.0. The summed E-state index contributed by atoms with van der Waals surface area (Å²) in [5.74, 6) is 1.83. The maximum Gasteiger partial charge on any atom is 0.163 e. The van der Waals surface area contributed by atoms with Gasteiger partial charge in [0.2, 0.25) is 0 Å². The fraction of sp³-hybridized carbons (Fsp3) is 0.480. The average molecular weight is 383 g/mol. The van der Waals surface area contributed by atoms with Crippen molar-refractivity contribution < 1.29 is 14.3 Å². The maximum absolute atomic E-state index is 12.7. The molecule has 0 saturated carbocycles. The van der Waals surface area contributed by atoms with Gasteiger partial charge in [-0.25, -0.2) is 0 Å². The van der Waals surface area contributed by atoms with Crippen LogP contribution in [0.3, 0.4) is 0 Å². The minimum absolute atomic E-state index is 0.141. The van der Waals surface area contributed by atoms with E-state index in [1.54, 1.807) is 0 Å². The molecule has 0 aliphatic rings. The van der Waals surface area contributed by atoms with Gasteiger partial charge in [-0.3, -0.25) is 4.79 Å². The fourth-order valence-electron chi connectivity index (χ4n) is 3.00. The number of Topliss-reactive ketones (excluding diaryl/α,β-unsaturated/α-hetero) is 1. The highest BCUT2D eigenvalue weighted by Crippen LogP contribution is 2.24. The van der Waals surface area contributed by atoms with Crippen LogP contribution in [0.15, 0.2) is 42.5 Å². The monoisotopic (exact) mass is 382 g/mol. The molecule has 0 aliphatic carbocycles. The summed E-state index contributed by atoms with van der Waals surface area (Å²) >= 11 is 0. The molecule has 0 aromatic heterocycles. The predicted octanol–water partition coefficient (Wildman–Crippen LogP) is 6.42. The molecule has 0 heterocycles. The third kappa shape index (κ3) is 7.03. The van der Waals surface area contributed by atoms with Crippen LogP contribution in [0.4, 0.5) is 0 Å². The van der Waals surface area contributed by atoms with Gasteiger partial charge in [-0.1, -0.05) is 57.9 Å². The molecule has 2 aromatic carbocycles. The van der Waals surface area contributed by atoms with Crippen molar-refractivity contribution in [3.05, 3.63) is 59.2 Å². The molecule has 0 unspecified atom stereocenters. The molecule has 0 saturated heterocycles. The molecule has 0 bridgehead atoms. The van der Waals surface area contributed by atoms with Gasteiger partial charge in [-0.15, -0.1) is 0 Å². The molecule has 0 spiro atoms. The number of aryl methyl sites for hydroxylation is 2. The first-order chi connectivity index (χ1) is 13.7. The van der Waals surface area contributed by atoms with E-state index in [2.05, 4.69) is 39.0 Å². The van der Waals surface area contributed by atoms with Crippen molar-refractivity contribution in [2.24, 2.45) is 0 Å². The highest BCUT2D eigenvalue weighted by atomic mass is 16.5. The molecule has 0 amide bonds. The van der Waals surface area contributed by atoms with Crippen LogP contribution in [-0.2, 0) is 12.8 Å². The van der Waals surface area contributed by atoms with E-state index in [0.717, 1.165) is 55.8 Å². The topological polar surface area (TPSA) is 35.5 Å². The predicted molar refractivity (Wildman–Crippen MR) is 116 cm³/mol. The van der Waals surface area contributed by atoms with E-state index in [4.69, 9.17) is 9.47 Å². The van der Waals surface area contributed by atoms with Crippen LogP contribution in [0.25, 0.3) is 0 Å². The summed E-state index contributed by atoms with van der Waals surface area (Å²) in [7, 11) is 0. The Morgan fingerprint density at radius 1 is 0.893 bits per heavy atom. The molecule has 0 fully saturated rings. The summed E-state index contributed by atoms with van der Waals surface area (Å²) in [5, 5.41) is 0. The Morgan fingerprint density at radius 3 is 2.36 bits per heavy atom. The molecule has 0 N–H and O–H groups in total. The largest absolute Gasteiger partial charge is 0.494 e. The Bertz CT molecular complexity index is 736. The fourth-order valence-corrected chi connectivity index (χ4v) is 3.00. The van der Waals surface area contributed by atoms with Crippen molar-refractivity contribution in [2.45, 2.75) is 65.7 Å². The van der Waals surface area contributed by atoms with Gasteiger partial charge >= 0.3 is 0 Å². The highest BCUT2D eigenvalue weighted by Gasteiger charge is 2.11. The molecule has 2 aromatic rings. The normalized spacial score (nSPS) is 10.7. The van der Waals surface area contributed by atoms with Crippen LogP contribution in [0.5, 0.6) is 11.5 Å². The van der Waals surface area contributed by atoms with Crippen LogP contribution in [0.2, 0.25) is 0 Å². The van der Waals surface area contributed by atoms with Crippen LogP contribution < -0.4 is 9.47 Å². The number of benzene rings is 2. The Morgan fingerprint density at radius 2 is 1.64 bits per heavy atom. The summed E-state index contributed by atoms with van der Waals surface area (Å²) in [4.78, 5) is 12.7. The second-order valence-corrected chi connectivity index (χ2v) is 7.15. The SMILES string of the molecule is CCCCOc1cccc(C(=O)CCc2cc(CC)ccc2OCCCC)c1. The van der Waals surface area contributed by atoms with Gasteiger partial charge in [0, 0.05) is 12.0 Å². The third-order valence-electron chi connectivity index (χ3n) is 4.83. The summed E-state index contributed by atoms with van der Waals surface area (Å²) in [5.41, 5.74) is 3.12. The van der Waals surface area contributed by atoms with Gasteiger partial charge in [-0.2, -0.15) is 0 Å². The van der Waals surface area contributed by atoms with E-state index >= 15 is 0 Å². The van der Waals surface area contributed by atoms with Crippen molar-refractivity contribution in [1.82, 2.24) is 0 Å². The lowest BCUT2D eigenvalue weighted by Crippen LogP contribution is -2.05. The Kier molecular flexibility index (Phi) is 9.61. The van der Waals surface area contributed by atoms with Gasteiger partial charge in [0.1, 0.15) is 11.5 Å². The van der Waals surface area contributed by atoms with Gasteiger partial charge < -0.3 is 9.47 Å². The van der Waals surface area contributed by atoms with E-state index in [9.17, 15) is 4.79 Å². The molecule has 3 nitrogen and oxygen atoms in total. The molecular weight excluding hydrogens is 348 g/mol. The molecule has 2 rings (SSSR count). The summed E-state index contributed by atoms with van der Waals surface area (Å²) < 4.78 is 11.7. The van der Waals surface area contributed by atoms with E-state index < -0.39 is 0 Å². The van der Waals surface area contributed by atoms with Crippen LogP contribution in [0.1, 0.15) is 74.4 Å². The number of ether oxygens (including phenoxy) is 2. The van der Waals surface area contributed by atoms with E-state index in [1.165, 1.54) is 5.56 Å². The lowest BCUT2D eigenvalue weighted by atomic mass is 9.99. The van der Waals surface area contributed by atoms with E-state index in [0.29, 0.717) is 25.0 Å². The number of ketones is 1.